The maximum absolute atomic E-state index is 11.6. The molecule has 0 aromatic heterocycles. The fraction of sp³-hybridized carbons (Fsp3) is 0.333. The number of nitrogens with one attached hydrogen (secondary N) is 1. The van der Waals surface area contributed by atoms with Crippen LogP contribution in [0.5, 0.6) is 0 Å². The van der Waals surface area contributed by atoms with Crippen LogP contribution in [-0.2, 0) is 14.9 Å². The molecule has 1 aromatic rings. The molecule has 1 N–H and O–H groups in total. The van der Waals surface area contributed by atoms with Crippen LogP contribution in [0.3, 0.4) is 0 Å². The Morgan fingerprint density at radius 3 is 2.53 bits per heavy atom. The van der Waals surface area contributed by atoms with Gasteiger partial charge in [0.2, 0.25) is 0 Å². The van der Waals surface area contributed by atoms with E-state index in [2.05, 4.69) is 5.32 Å². The van der Waals surface area contributed by atoms with E-state index in [0.717, 1.165) is 18.2 Å². The highest BCUT2D eigenvalue weighted by atomic mass is 32.2. The summed E-state index contributed by atoms with van der Waals surface area (Å²) in [4.78, 5) is 9.92. The molecule has 0 bridgehead atoms. The first-order chi connectivity index (χ1) is 7.92. The first kappa shape index (κ1) is 13.4. The van der Waals surface area contributed by atoms with E-state index in [4.69, 9.17) is 0 Å². The van der Waals surface area contributed by atoms with Gasteiger partial charge in [0, 0.05) is 13.1 Å². The molecule has 0 heterocycles. The number of anilines is 1. The monoisotopic (exact) mass is 259 g/mol. The van der Waals surface area contributed by atoms with E-state index in [0.29, 0.717) is 0 Å². The molecule has 8 heteroatoms. The molecular weight excluding hydrogens is 248 g/mol. The normalized spacial score (nSPS) is 11.2. The van der Waals surface area contributed by atoms with Gasteiger partial charge in [-0.3, -0.25) is 10.1 Å². The largest absolute Gasteiger partial charge is 0.383 e. The lowest BCUT2D eigenvalue weighted by Gasteiger charge is -2.06. The second-order valence-electron chi connectivity index (χ2n) is 3.21. The van der Waals surface area contributed by atoms with Crippen molar-refractivity contribution >= 4 is 21.2 Å². The number of hydrogen-bond donors (Lipinski definition) is 1. The smallest absolute Gasteiger partial charge is 0.292 e. The Balaban J connectivity index is 3.27. The Kier molecular flexibility index (Phi) is 4.02. The van der Waals surface area contributed by atoms with Gasteiger partial charge in [0.15, 0.2) is 9.84 Å². The van der Waals surface area contributed by atoms with Crippen molar-refractivity contribution in [3.8, 4) is 0 Å². The summed E-state index contributed by atoms with van der Waals surface area (Å²) in [5, 5.41) is 23.5. The van der Waals surface area contributed by atoms with Crippen LogP contribution in [0.15, 0.2) is 23.1 Å². The van der Waals surface area contributed by atoms with Gasteiger partial charge < -0.3 is 5.32 Å². The molecule has 0 fully saturated rings. The molecule has 1 radical (unpaired) electrons. The molecule has 93 valence electrons. The number of nitrogens with zero attached hydrogens (tertiary/aromatic N) is 1. The van der Waals surface area contributed by atoms with E-state index in [-0.39, 0.29) is 16.3 Å². The zero-order chi connectivity index (χ0) is 13.1. The van der Waals surface area contributed by atoms with Crippen LogP contribution in [0.25, 0.3) is 0 Å². The average Bonchev–Trinajstić information content (AvgIpc) is 2.27. The molecule has 1 rings (SSSR count). The summed E-state index contributed by atoms with van der Waals surface area (Å²) in [7, 11) is -2.21. The molecule has 0 aliphatic carbocycles. The lowest BCUT2D eigenvalue weighted by molar-refractivity contribution is -0.384. The Bertz CT molecular complexity index is 526. The van der Waals surface area contributed by atoms with Gasteiger partial charge in [-0.25, -0.2) is 13.5 Å². The predicted octanol–water partition coefficient (Wildman–Crippen LogP) is 0.841. The minimum atomic E-state index is -3.66. The standard InChI is InChI=1S/C9H11N2O5S/c1-10-8-6-7(17(15,16)5-4-12)2-3-9(8)11(13)14/h2-3,6,10H,4-5H2,1H3. The van der Waals surface area contributed by atoms with Gasteiger partial charge in [0.05, 0.1) is 22.2 Å². The van der Waals surface area contributed by atoms with Crippen molar-refractivity contribution in [3.63, 3.8) is 0 Å². The van der Waals surface area contributed by atoms with Gasteiger partial charge >= 0.3 is 0 Å². The molecule has 0 aliphatic heterocycles. The second-order valence-corrected chi connectivity index (χ2v) is 5.32. The van der Waals surface area contributed by atoms with Gasteiger partial charge in [-0.05, 0) is 12.1 Å². The summed E-state index contributed by atoms with van der Waals surface area (Å²) in [6, 6.07) is 3.39. The Hall–Kier alpha value is -1.67. The third-order valence-electron chi connectivity index (χ3n) is 2.15. The number of nitro benzene ring substituents is 1. The highest BCUT2D eigenvalue weighted by molar-refractivity contribution is 7.91. The van der Waals surface area contributed by atoms with Crippen molar-refractivity contribution in [2.45, 2.75) is 4.90 Å². The molecule has 0 atom stereocenters. The number of hydrogen-bond acceptors (Lipinski definition) is 5. The fourth-order valence-corrected chi connectivity index (χ4v) is 2.32. The van der Waals surface area contributed by atoms with E-state index in [1.54, 1.807) is 0 Å². The third kappa shape index (κ3) is 2.92. The molecular formula is C9H11N2O5S. The van der Waals surface area contributed by atoms with Crippen LogP contribution in [-0.4, -0.2) is 32.7 Å². The van der Waals surface area contributed by atoms with Crippen molar-refractivity contribution in [3.05, 3.63) is 28.3 Å². The maximum Gasteiger partial charge on any atom is 0.292 e. The van der Waals surface area contributed by atoms with Crippen molar-refractivity contribution in [2.24, 2.45) is 0 Å². The number of benzene rings is 1. The van der Waals surface area contributed by atoms with E-state index < -0.39 is 27.1 Å². The van der Waals surface area contributed by atoms with Crippen LogP contribution < -0.4 is 5.32 Å². The van der Waals surface area contributed by atoms with Crippen molar-refractivity contribution in [1.29, 1.82) is 0 Å². The molecule has 0 spiro atoms. The van der Waals surface area contributed by atoms with Crippen molar-refractivity contribution < 1.29 is 18.4 Å². The van der Waals surface area contributed by atoms with Crippen LogP contribution in [0.2, 0.25) is 0 Å². The van der Waals surface area contributed by atoms with E-state index in [9.17, 15) is 23.6 Å². The summed E-state index contributed by atoms with van der Waals surface area (Å²) < 4.78 is 23.2. The highest BCUT2D eigenvalue weighted by Crippen LogP contribution is 2.27. The summed E-state index contributed by atoms with van der Waals surface area (Å²) in [5.41, 5.74) is -0.115. The predicted molar refractivity (Wildman–Crippen MR) is 60.2 cm³/mol. The van der Waals surface area contributed by atoms with Crippen LogP contribution in [0, 0.1) is 10.1 Å². The minimum Gasteiger partial charge on any atom is -0.383 e. The third-order valence-corrected chi connectivity index (χ3v) is 3.82. The van der Waals surface area contributed by atoms with E-state index in [1.165, 1.54) is 7.05 Å². The van der Waals surface area contributed by atoms with Gasteiger partial charge in [-0.1, -0.05) is 0 Å². The zero-order valence-electron chi connectivity index (χ0n) is 9.04. The van der Waals surface area contributed by atoms with Crippen molar-refractivity contribution in [2.75, 3.05) is 24.7 Å². The number of sulfone groups is 1. The van der Waals surface area contributed by atoms with Crippen molar-refractivity contribution in [1.82, 2.24) is 0 Å². The first-order valence-electron chi connectivity index (χ1n) is 4.69. The highest BCUT2D eigenvalue weighted by Gasteiger charge is 2.19. The molecule has 0 unspecified atom stereocenters. The van der Waals surface area contributed by atoms with Gasteiger partial charge in [0.1, 0.15) is 5.69 Å². The average molecular weight is 259 g/mol. The van der Waals surface area contributed by atoms with Crippen LogP contribution in [0.1, 0.15) is 0 Å². The van der Waals surface area contributed by atoms with E-state index in [1.807, 2.05) is 0 Å². The SMILES string of the molecule is CNc1cc(S(=O)(=O)CC[O])ccc1[N+](=O)[O-]. The molecule has 0 aliphatic rings. The summed E-state index contributed by atoms with van der Waals surface area (Å²) in [6.45, 7) is -0.742. The zero-order valence-corrected chi connectivity index (χ0v) is 9.86. The Labute approximate surface area is 98.1 Å². The Morgan fingerprint density at radius 2 is 2.06 bits per heavy atom. The minimum absolute atomic E-state index is 0.0942. The topological polar surface area (TPSA) is 109 Å². The molecule has 0 amide bonds. The van der Waals surface area contributed by atoms with Gasteiger partial charge in [-0.2, -0.15) is 0 Å². The molecule has 1 aromatic carbocycles. The van der Waals surface area contributed by atoms with Crippen LogP contribution >= 0.6 is 0 Å². The summed E-state index contributed by atoms with van der Waals surface area (Å²) >= 11 is 0. The molecule has 0 saturated carbocycles. The summed E-state index contributed by atoms with van der Waals surface area (Å²) in [6.07, 6.45) is 0. The van der Waals surface area contributed by atoms with Gasteiger partial charge in [-0.15, -0.1) is 0 Å². The van der Waals surface area contributed by atoms with Crippen LogP contribution in [0.4, 0.5) is 11.4 Å². The fourth-order valence-electron chi connectivity index (χ4n) is 1.30. The lowest BCUT2D eigenvalue weighted by atomic mass is 10.3. The quantitative estimate of drug-likeness (QED) is 0.622. The van der Waals surface area contributed by atoms with Gasteiger partial charge in [0.25, 0.3) is 5.69 Å². The number of rotatable bonds is 5. The second kappa shape index (κ2) is 5.11. The maximum atomic E-state index is 11.6. The first-order valence-corrected chi connectivity index (χ1v) is 6.34. The molecule has 0 saturated heterocycles. The molecule has 17 heavy (non-hydrogen) atoms. The lowest BCUT2D eigenvalue weighted by Crippen LogP contribution is -2.10. The Morgan fingerprint density at radius 1 is 1.41 bits per heavy atom. The summed E-state index contributed by atoms with van der Waals surface area (Å²) in [5.74, 6) is -0.520. The van der Waals surface area contributed by atoms with E-state index >= 15 is 0 Å². The molecule has 7 nitrogen and oxygen atoms in total. The number of nitro groups is 1.